The largest absolute Gasteiger partial charge is 0.317 e. The van der Waals surface area contributed by atoms with Gasteiger partial charge in [-0.15, -0.1) is 10.2 Å². The van der Waals surface area contributed by atoms with Crippen molar-refractivity contribution in [3.8, 4) is 10.6 Å². The van der Waals surface area contributed by atoms with Gasteiger partial charge in [-0.2, -0.15) is 0 Å². The Bertz CT molecular complexity index is 441. The minimum atomic E-state index is 0.978. The van der Waals surface area contributed by atoms with Crippen molar-refractivity contribution in [2.24, 2.45) is 0 Å². The van der Waals surface area contributed by atoms with Gasteiger partial charge in [0.1, 0.15) is 10.0 Å². The Morgan fingerprint density at radius 3 is 2.82 bits per heavy atom. The van der Waals surface area contributed by atoms with Crippen molar-refractivity contribution in [2.45, 2.75) is 19.8 Å². The van der Waals surface area contributed by atoms with Gasteiger partial charge >= 0.3 is 0 Å². The fraction of sp³-hybridized carbons (Fsp3) is 0.417. The van der Waals surface area contributed by atoms with Crippen LogP contribution in [0.25, 0.3) is 10.6 Å². The van der Waals surface area contributed by atoms with E-state index in [0.29, 0.717) is 0 Å². The van der Waals surface area contributed by atoms with Gasteiger partial charge in [0.05, 0.1) is 0 Å². The van der Waals surface area contributed by atoms with Crippen LogP contribution in [0.2, 0.25) is 0 Å². The van der Waals surface area contributed by atoms with Crippen LogP contribution in [-0.4, -0.2) is 28.3 Å². The molecule has 1 N–H and O–H groups in total. The second-order valence-corrected chi connectivity index (χ2v) is 4.76. The molecule has 2 heterocycles. The Kier molecular flexibility index (Phi) is 4.58. The fourth-order valence-corrected chi connectivity index (χ4v) is 2.39. The average Bonchev–Trinajstić information content (AvgIpc) is 2.85. The van der Waals surface area contributed by atoms with Gasteiger partial charge < -0.3 is 5.32 Å². The molecule has 0 amide bonds. The van der Waals surface area contributed by atoms with E-state index in [1.807, 2.05) is 12.1 Å². The number of aromatic nitrogens is 3. The van der Waals surface area contributed by atoms with Crippen LogP contribution < -0.4 is 5.32 Å². The molecule has 0 aliphatic heterocycles. The molecule has 0 aliphatic carbocycles. The number of aryl methyl sites for hydroxylation is 1. The molecule has 5 heteroatoms. The molecule has 2 aromatic heterocycles. The SMILES string of the molecule is CCNCCCc1nnc(-c2ccncc2)s1. The van der Waals surface area contributed by atoms with Crippen molar-refractivity contribution in [3.63, 3.8) is 0 Å². The molecule has 0 radical (unpaired) electrons. The number of pyridine rings is 1. The van der Waals surface area contributed by atoms with Crippen LogP contribution in [0.15, 0.2) is 24.5 Å². The maximum absolute atomic E-state index is 4.21. The normalized spacial score (nSPS) is 10.6. The topological polar surface area (TPSA) is 50.7 Å². The van der Waals surface area contributed by atoms with E-state index in [0.717, 1.165) is 41.5 Å². The number of nitrogens with one attached hydrogen (secondary N) is 1. The predicted molar refractivity (Wildman–Crippen MR) is 70.0 cm³/mol. The minimum absolute atomic E-state index is 0.978. The monoisotopic (exact) mass is 248 g/mol. The van der Waals surface area contributed by atoms with Crippen molar-refractivity contribution in [1.82, 2.24) is 20.5 Å². The Balaban J connectivity index is 1.92. The maximum Gasteiger partial charge on any atom is 0.147 e. The van der Waals surface area contributed by atoms with Gasteiger partial charge in [-0.3, -0.25) is 4.98 Å². The lowest BCUT2D eigenvalue weighted by molar-refractivity contribution is 0.669. The Morgan fingerprint density at radius 1 is 1.24 bits per heavy atom. The lowest BCUT2D eigenvalue weighted by Crippen LogP contribution is -2.14. The summed E-state index contributed by atoms with van der Waals surface area (Å²) in [7, 11) is 0. The molecule has 0 fully saturated rings. The summed E-state index contributed by atoms with van der Waals surface area (Å²) in [6.45, 7) is 4.19. The van der Waals surface area contributed by atoms with Gasteiger partial charge in [-0.25, -0.2) is 0 Å². The van der Waals surface area contributed by atoms with Crippen molar-refractivity contribution in [3.05, 3.63) is 29.5 Å². The molecule has 0 aromatic carbocycles. The highest BCUT2D eigenvalue weighted by molar-refractivity contribution is 7.14. The predicted octanol–water partition coefficient (Wildman–Crippen LogP) is 2.14. The zero-order valence-corrected chi connectivity index (χ0v) is 10.7. The Morgan fingerprint density at radius 2 is 2.06 bits per heavy atom. The first kappa shape index (κ1) is 12.1. The summed E-state index contributed by atoms with van der Waals surface area (Å²) in [5.74, 6) is 0. The lowest BCUT2D eigenvalue weighted by atomic mass is 10.3. The van der Waals surface area contributed by atoms with Gasteiger partial charge in [0.25, 0.3) is 0 Å². The van der Waals surface area contributed by atoms with Gasteiger partial charge in [0, 0.05) is 24.4 Å². The van der Waals surface area contributed by atoms with E-state index in [1.165, 1.54) is 0 Å². The van der Waals surface area contributed by atoms with Crippen LogP contribution in [0.5, 0.6) is 0 Å². The molecular formula is C12H16N4S. The van der Waals surface area contributed by atoms with E-state index in [-0.39, 0.29) is 0 Å². The number of hydrogen-bond donors (Lipinski definition) is 1. The molecule has 2 rings (SSSR count). The van der Waals surface area contributed by atoms with Crippen molar-refractivity contribution in [2.75, 3.05) is 13.1 Å². The highest BCUT2D eigenvalue weighted by atomic mass is 32.1. The highest BCUT2D eigenvalue weighted by Crippen LogP contribution is 2.22. The summed E-state index contributed by atoms with van der Waals surface area (Å²) >= 11 is 1.67. The van der Waals surface area contributed by atoms with Crippen LogP contribution in [-0.2, 0) is 6.42 Å². The second kappa shape index (κ2) is 6.42. The quantitative estimate of drug-likeness (QED) is 0.796. The summed E-state index contributed by atoms with van der Waals surface area (Å²) < 4.78 is 0. The molecule has 0 saturated heterocycles. The first-order valence-electron chi connectivity index (χ1n) is 5.83. The lowest BCUT2D eigenvalue weighted by Gasteiger charge is -1.97. The number of rotatable bonds is 6. The number of hydrogen-bond acceptors (Lipinski definition) is 5. The van der Waals surface area contributed by atoms with Crippen molar-refractivity contribution < 1.29 is 0 Å². The molecule has 4 nitrogen and oxygen atoms in total. The second-order valence-electron chi connectivity index (χ2n) is 3.69. The molecule has 0 atom stereocenters. The molecule has 0 unspecified atom stereocenters. The highest BCUT2D eigenvalue weighted by Gasteiger charge is 2.05. The van der Waals surface area contributed by atoms with Gasteiger partial charge in [0.2, 0.25) is 0 Å². The summed E-state index contributed by atoms with van der Waals surface area (Å²) in [6.07, 6.45) is 5.66. The minimum Gasteiger partial charge on any atom is -0.317 e. The third-order valence-electron chi connectivity index (χ3n) is 2.39. The average molecular weight is 248 g/mol. The zero-order chi connectivity index (χ0) is 11.9. The van der Waals surface area contributed by atoms with Crippen molar-refractivity contribution in [1.29, 1.82) is 0 Å². The van der Waals surface area contributed by atoms with E-state index in [9.17, 15) is 0 Å². The molecule has 0 bridgehead atoms. The van der Waals surface area contributed by atoms with Crippen LogP contribution in [0, 0.1) is 0 Å². The van der Waals surface area contributed by atoms with Crippen molar-refractivity contribution >= 4 is 11.3 Å². The van der Waals surface area contributed by atoms with Crippen LogP contribution in [0.1, 0.15) is 18.4 Å². The van der Waals surface area contributed by atoms with E-state index in [1.54, 1.807) is 23.7 Å². The first-order valence-corrected chi connectivity index (χ1v) is 6.65. The van der Waals surface area contributed by atoms with E-state index in [4.69, 9.17) is 0 Å². The zero-order valence-electron chi connectivity index (χ0n) is 9.89. The number of nitrogens with zero attached hydrogens (tertiary/aromatic N) is 3. The molecule has 0 aliphatic rings. The molecule has 0 saturated carbocycles. The third kappa shape index (κ3) is 3.57. The summed E-state index contributed by atoms with van der Waals surface area (Å²) in [5, 5.41) is 13.8. The summed E-state index contributed by atoms with van der Waals surface area (Å²) in [5.41, 5.74) is 1.09. The Hall–Kier alpha value is -1.33. The smallest absolute Gasteiger partial charge is 0.147 e. The van der Waals surface area contributed by atoms with Crippen LogP contribution in [0.4, 0.5) is 0 Å². The summed E-state index contributed by atoms with van der Waals surface area (Å²) in [4.78, 5) is 4.00. The molecular weight excluding hydrogens is 232 g/mol. The van der Waals surface area contributed by atoms with Gasteiger partial charge in [0.15, 0.2) is 0 Å². The van der Waals surface area contributed by atoms with E-state index < -0.39 is 0 Å². The van der Waals surface area contributed by atoms with Gasteiger partial charge in [-0.05, 0) is 31.6 Å². The Labute approximate surface area is 105 Å². The van der Waals surface area contributed by atoms with Gasteiger partial charge in [-0.1, -0.05) is 18.3 Å². The molecule has 2 aromatic rings. The van der Waals surface area contributed by atoms with Crippen LogP contribution in [0.3, 0.4) is 0 Å². The van der Waals surface area contributed by atoms with E-state index >= 15 is 0 Å². The third-order valence-corrected chi connectivity index (χ3v) is 3.42. The first-order chi connectivity index (χ1) is 8.40. The molecule has 17 heavy (non-hydrogen) atoms. The fourth-order valence-electron chi connectivity index (χ4n) is 1.51. The molecule has 0 spiro atoms. The standard InChI is InChI=1S/C12H16N4S/c1-2-13-7-3-4-11-15-16-12(17-11)10-5-8-14-9-6-10/h5-6,8-9,13H,2-4,7H2,1H3. The summed E-state index contributed by atoms with van der Waals surface area (Å²) in [6, 6.07) is 3.92. The van der Waals surface area contributed by atoms with Crippen LogP contribution >= 0.6 is 11.3 Å². The molecule has 90 valence electrons. The maximum atomic E-state index is 4.21. The van der Waals surface area contributed by atoms with E-state index in [2.05, 4.69) is 27.4 Å².